The summed E-state index contributed by atoms with van der Waals surface area (Å²) in [5.74, 6) is -1.05. The van der Waals surface area contributed by atoms with Gasteiger partial charge in [0.25, 0.3) is 11.7 Å². The van der Waals surface area contributed by atoms with Gasteiger partial charge in [0, 0.05) is 31.2 Å². The molecular weight excluding hydrogens is 294 g/mol. The Hall–Kier alpha value is -1.43. The van der Waals surface area contributed by atoms with Crippen LogP contribution in [0.15, 0.2) is 18.2 Å². The van der Waals surface area contributed by atoms with Crippen LogP contribution in [0.1, 0.15) is 30.6 Å². The Morgan fingerprint density at radius 1 is 1.19 bits per heavy atom. The van der Waals surface area contributed by atoms with Crippen molar-refractivity contribution in [2.75, 3.05) is 24.7 Å². The minimum atomic E-state index is -0.529. The predicted octanol–water partition coefficient (Wildman–Crippen LogP) is 2.66. The van der Waals surface area contributed by atoms with Crippen LogP contribution in [-0.2, 0) is 14.3 Å². The van der Waals surface area contributed by atoms with Gasteiger partial charge in [0.05, 0.1) is 11.3 Å². The second-order valence-electron chi connectivity index (χ2n) is 4.58. The van der Waals surface area contributed by atoms with Gasteiger partial charge in [-0.2, -0.15) is 0 Å². The number of nitrogens with zero attached hydrogens (tertiary/aromatic N) is 1. The lowest BCUT2D eigenvalue weighted by atomic mass is 10.1. The van der Waals surface area contributed by atoms with Gasteiger partial charge in [0.2, 0.25) is 0 Å². The van der Waals surface area contributed by atoms with E-state index in [1.54, 1.807) is 12.1 Å². The Morgan fingerprint density at radius 3 is 2.48 bits per heavy atom. The van der Waals surface area contributed by atoms with Crippen LogP contribution in [0.4, 0.5) is 5.69 Å². The number of hydrogen-bond acceptors (Lipinski definition) is 4. The Bertz CT molecular complexity index is 540. The van der Waals surface area contributed by atoms with Crippen LogP contribution in [-0.4, -0.2) is 37.7 Å². The first kappa shape index (κ1) is 15.9. The molecule has 0 spiro atoms. The lowest BCUT2D eigenvalue weighted by molar-refractivity contribution is -0.138. The zero-order valence-corrected chi connectivity index (χ0v) is 12.9. The number of ketones is 1. The molecule has 0 atom stereocenters. The van der Waals surface area contributed by atoms with Gasteiger partial charge in [-0.3, -0.25) is 9.59 Å². The number of anilines is 1. The average molecular weight is 312 g/mol. The molecule has 6 heteroatoms. The standard InChI is InChI=1S/C15H18ClNO4/c1-3-20-13(21-4-2)7-8-17-12-6-5-10(16)9-11(12)14(18)15(17)19/h5-6,9,13H,3-4,7-8H2,1-2H3. The lowest BCUT2D eigenvalue weighted by Crippen LogP contribution is -2.33. The highest BCUT2D eigenvalue weighted by atomic mass is 35.5. The first-order chi connectivity index (χ1) is 10.1. The van der Waals surface area contributed by atoms with Gasteiger partial charge < -0.3 is 14.4 Å². The van der Waals surface area contributed by atoms with E-state index in [0.717, 1.165) is 0 Å². The minimum absolute atomic E-state index is 0.358. The zero-order chi connectivity index (χ0) is 15.4. The Morgan fingerprint density at radius 2 is 1.86 bits per heavy atom. The molecule has 0 radical (unpaired) electrons. The molecule has 0 fully saturated rings. The smallest absolute Gasteiger partial charge is 0.299 e. The summed E-state index contributed by atoms with van der Waals surface area (Å²) in [6.07, 6.45) is 0.127. The summed E-state index contributed by atoms with van der Waals surface area (Å²) >= 11 is 5.87. The highest BCUT2D eigenvalue weighted by Gasteiger charge is 2.35. The molecule has 0 saturated carbocycles. The van der Waals surface area contributed by atoms with Crippen molar-refractivity contribution in [1.29, 1.82) is 0 Å². The van der Waals surface area contributed by atoms with Gasteiger partial charge in [0.1, 0.15) is 0 Å². The highest BCUT2D eigenvalue weighted by Crippen LogP contribution is 2.31. The van der Waals surface area contributed by atoms with Crippen molar-refractivity contribution in [2.24, 2.45) is 0 Å². The maximum atomic E-state index is 12.1. The normalized spacial score (nSPS) is 14.2. The predicted molar refractivity (Wildman–Crippen MR) is 79.8 cm³/mol. The molecule has 21 heavy (non-hydrogen) atoms. The summed E-state index contributed by atoms with van der Waals surface area (Å²) in [5, 5.41) is 0.443. The number of rotatable bonds is 7. The SMILES string of the molecule is CCOC(CCN1C(=O)C(=O)c2cc(Cl)ccc21)OCC. The number of amides is 1. The van der Waals surface area contributed by atoms with Gasteiger partial charge in [0.15, 0.2) is 6.29 Å². The van der Waals surface area contributed by atoms with Crippen molar-refractivity contribution in [1.82, 2.24) is 0 Å². The van der Waals surface area contributed by atoms with Gasteiger partial charge in [-0.1, -0.05) is 11.6 Å². The molecule has 1 amide bonds. The fourth-order valence-electron chi connectivity index (χ4n) is 2.32. The molecule has 0 unspecified atom stereocenters. The third kappa shape index (κ3) is 3.43. The molecule has 0 saturated heterocycles. The molecule has 2 rings (SSSR count). The summed E-state index contributed by atoms with van der Waals surface area (Å²) in [5.41, 5.74) is 0.956. The topological polar surface area (TPSA) is 55.8 Å². The largest absolute Gasteiger partial charge is 0.353 e. The van der Waals surface area contributed by atoms with Crippen LogP contribution < -0.4 is 4.90 Å². The van der Waals surface area contributed by atoms with Crippen LogP contribution in [0, 0.1) is 0 Å². The number of carbonyl (C=O) groups is 2. The van der Waals surface area contributed by atoms with Crippen molar-refractivity contribution in [3.8, 4) is 0 Å². The molecule has 1 aromatic rings. The molecule has 114 valence electrons. The van der Waals surface area contributed by atoms with Gasteiger partial charge >= 0.3 is 0 Å². The summed E-state index contributed by atoms with van der Waals surface area (Å²) in [6, 6.07) is 4.89. The Labute approximate surface area is 128 Å². The van der Waals surface area contributed by atoms with Crippen molar-refractivity contribution < 1.29 is 19.1 Å². The fourth-order valence-corrected chi connectivity index (χ4v) is 2.49. The number of benzene rings is 1. The Balaban J connectivity index is 2.11. The van der Waals surface area contributed by atoms with Crippen LogP contribution in [0.5, 0.6) is 0 Å². The maximum Gasteiger partial charge on any atom is 0.299 e. The zero-order valence-electron chi connectivity index (χ0n) is 12.1. The van der Waals surface area contributed by atoms with E-state index in [4.69, 9.17) is 21.1 Å². The molecule has 0 bridgehead atoms. The number of hydrogen-bond donors (Lipinski definition) is 0. The molecular formula is C15H18ClNO4. The van der Waals surface area contributed by atoms with Crippen LogP contribution >= 0.6 is 11.6 Å². The van der Waals surface area contributed by atoms with E-state index < -0.39 is 11.7 Å². The molecule has 1 aliphatic rings. The summed E-state index contributed by atoms with van der Waals surface area (Å²) in [7, 11) is 0. The number of fused-ring (bicyclic) bond motifs is 1. The van der Waals surface area contributed by atoms with E-state index in [2.05, 4.69) is 0 Å². The van der Waals surface area contributed by atoms with E-state index in [0.29, 0.717) is 42.5 Å². The monoisotopic (exact) mass is 311 g/mol. The summed E-state index contributed by atoms with van der Waals surface area (Å²) in [4.78, 5) is 25.5. The molecule has 1 aromatic carbocycles. The van der Waals surface area contributed by atoms with Crippen LogP contribution in [0.25, 0.3) is 0 Å². The molecule has 1 heterocycles. The van der Waals surface area contributed by atoms with E-state index in [-0.39, 0.29) is 6.29 Å². The van der Waals surface area contributed by atoms with E-state index in [9.17, 15) is 9.59 Å². The number of ether oxygens (including phenoxy) is 2. The van der Waals surface area contributed by atoms with E-state index >= 15 is 0 Å². The Kier molecular flexibility index (Phi) is 5.33. The minimum Gasteiger partial charge on any atom is -0.353 e. The second-order valence-corrected chi connectivity index (χ2v) is 5.01. The van der Waals surface area contributed by atoms with Crippen molar-refractivity contribution >= 4 is 29.0 Å². The molecule has 5 nitrogen and oxygen atoms in total. The second kappa shape index (κ2) is 7.02. The molecule has 0 aliphatic carbocycles. The molecule has 1 aliphatic heterocycles. The van der Waals surface area contributed by atoms with Crippen molar-refractivity contribution in [3.63, 3.8) is 0 Å². The first-order valence-corrected chi connectivity index (χ1v) is 7.35. The van der Waals surface area contributed by atoms with Crippen LogP contribution in [0.3, 0.4) is 0 Å². The highest BCUT2D eigenvalue weighted by molar-refractivity contribution is 6.52. The summed E-state index contributed by atoms with van der Waals surface area (Å²) in [6.45, 7) is 5.19. The van der Waals surface area contributed by atoms with Crippen molar-refractivity contribution in [2.45, 2.75) is 26.6 Å². The van der Waals surface area contributed by atoms with Gasteiger partial charge in [-0.25, -0.2) is 0 Å². The van der Waals surface area contributed by atoms with Gasteiger partial charge in [-0.05, 0) is 32.0 Å². The summed E-state index contributed by atoms with van der Waals surface area (Å²) < 4.78 is 10.9. The average Bonchev–Trinajstić information content (AvgIpc) is 2.69. The number of Topliss-reactive ketones (excluding diaryl/α,β-unsaturated/α-hetero) is 1. The third-order valence-electron chi connectivity index (χ3n) is 3.23. The van der Waals surface area contributed by atoms with E-state index in [1.165, 1.54) is 11.0 Å². The molecule has 0 N–H and O–H groups in total. The first-order valence-electron chi connectivity index (χ1n) is 6.97. The van der Waals surface area contributed by atoms with Crippen LogP contribution in [0.2, 0.25) is 5.02 Å². The van der Waals surface area contributed by atoms with Gasteiger partial charge in [-0.15, -0.1) is 0 Å². The third-order valence-corrected chi connectivity index (χ3v) is 3.46. The number of carbonyl (C=O) groups excluding carboxylic acids is 2. The number of halogens is 1. The maximum absolute atomic E-state index is 12.1. The lowest BCUT2D eigenvalue weighted by Gasteiger charge is -2.21. The van der Waals surface area contributed by atoms with Crippen molar-refractivity contribution in [3.05, 3.63) is 28.8 Å². The molecule has 0 aromatic heterocycles. The quantitative estimate of drug-likeness (QED) is 0.574. The van der Waals surface area contributed by atoms with E-state index in [1.807, 2.05) is 13.8 Å². The fraction of sp³-hybridized carbons (Fsp3) is 0.467.